The van der Waals surface area contributed by atoms with E-state index < -0.39 is 0 Å². The summed E-state index contributed by atoms with van der Waals surface area (Å²) in [6.45, 7) is 2.30. The minimum absolute atomic E-state index is 0.196. The molecule has 4 heteroatoms. The number of para-hydroxylation sites is 1. The second-order valence-electron chi connectivity index (χ2n) is 6.43. The highest BCUT2D eigenvalue weighted by molar-refractivity contribution is 5.86. The van der Waals surface area contributed by atoms with Crippen molar-refractivity contribution in [2.75, 3.05) is 18.0 Å². The summed E-state index contributed by atoms with van der Waals surface area (Å²) < 4.78 is 19.7. The van der Waals surface area contributed by atoms with E-state index in [0.717, 1.165) is 29.8 Å². The Hall–Kier alpha value is -2.62. The molecule has 0 saturated carbocycles. The number of pyridine rings is 1. The first-order valence-corrected chi connectivity index (χ1v) is 8.82. The fourth-order valence-electron chi connectivity index (χ4n) is 3.30. The molecular formula is C21H21FN2O. The Labute approximate surface area is 147 Å². The third-order valence-corrected chi connectivity index (χ3v) is 4.69. The molecule has 0 N–H and O–H groups in total. The molecule has 1 aromatic heterocycles. The molecule has 0 spiro atoms. The van der Waals surface area contributed by atoms with E-state index in [4.69, 9.17) is 9.72 Å². The molecule has 128 valence electrons. The van der Waals surface area contributed by atoms with Gasteiger partial charge in [0.05, 0.1) is 0 Å². The highest BCUT2D eigenvalue weighted by Gasteiger charge is 2.14. The van der Waals surface area contributed by atoms with Gasteiger partial charge in [-0.25, -0.2) is 9.37 Å². The van der Waals surface area contributed by atoms with Crippen LogP contribution in [0.4, 0.5) is 10.2 Å². The first-order valence-electron chi connectivity index (χ1n) is 8.82. The van der Waals surface area contributed by atoms with Crippen molar-refractivity contribution in [3.8, 4) is 5.75 Å². The number of aromatic nitrogens is 1. The summed E-state index contributed by atoms with van der Waals surface area (Å²) in [5.74, 6) is 1.44. The average molecular weight is 336 g/mol. The van der Waals surface area contributed by atoms with Gasteiger partial charge in [-0.05, 0) is 43.5 Å². The molecule has 3 aromatic rings. The first kappa shape index (κ1) is 15.9. The Morgan fingerprint density at radius 3 is 2.60 bits per heavy atom. The fraction of sp³-hybridized carbons (Fsp3) is 0.286. The van der Waals surface area contributed by atoms with Gasteiger partial charge in [0.25, 0.3) is 0 Å². The molecule has 2 heterocycles. The number of ether oxygens (including phenoxy) is 1. The molecule has 0 atom stereocenters. The number of hydrogen-bond donors (Lipinski definition) is 0. The average Bonchev–Trinajstić information content (AvgIpc) is 2.67. The van der Waals surface area contributed by atoms with Gasteiger partial charge in [-0.3, -0.25) is 0 Å². The number of nitrogens with zero attached hydrogens (tertiary/aromatic N) is 2. The van der Waals surface area contributed by atoms with Gasteiger partial charge in [0.2, 0.25) is 0 Å². The van der Waals surface area contributed by atoms with Crippen molar-refractivity contribution in [1.82, 2.24) is 4.98 Å². The maximum atomic E-state index is 13.8. The second kappa shape index (κ2) is 7.09. The molecule has 0 radical (unpaired) electrons. The Kier molecular flexibility index (Phi) is 4.51. The lowest BCUT2D eigenvalue weighted by molar-refractivity contribution is 0.303. The van der Waals surface area contributed by atoms with Crippen LogP contribution in [0.2, 0.25) is 0 Å². The number of anilines is 1. The topological polar surface area (TPSA) is 25.4 Å². The van der Waals surface area contributed by atoms with E-state index in [-0.39, 0.29) is 12.4 Å². The molecule has 0 aliphatic carbocycles. The van der Waals surface area contributed by atoms with E-state index in [1.165, 1.54) is 25.3 Å². The number of rotatable bonds is 4. The molecule has 4 rings (SSSR count). The van der Waals surface area contributed by atoms with Crippen LogP contribution in [0.5, 0.6) is 5.75 Å². The standard InChI is InChI=1S/C21H21FN2O/c22-18-9-3-2-7-17(18)15-25-19-10-6-8-16-11-12-20(23-21(16)19)24-13-4-1-5-14-24/h2-3,6-12H,1,4-5,13-15H2. The minimum Gasteiger partial charge on any atom is -0.487 e. The second-order valence-corrected chi connectivity index (χ2v) is 6.43. The van der Waals surface area contributed by atoms with Crippen molar-refractivity contribution in [2.45, 2.75) is 25.9 Å². The molecule has 0 unspecified atom stereocenters. The Balaban J connectivity index is 1.62. The van der Waals surface area contributed by atoms with Crippen LogP contribution < -0.4 is 9.64 Å². The van der Waals surface area contributed by atoms with Crippen LogP contribution >= 0.6 is 0 Å². The number of benzene rings is 2. The molecule has 1 saturated heterocycles. The maximum absolute atomic E-state index is 13.8. The van der Waals surface area contributed by atoms with Gasteiger partial charge >= 0.3 is 0 Å². The highest BCUT2D eigenvalue weighted by Crippen LogP contribution is 2.28. The largest absolute Gasteiger partial charge is 0.487 e. The van der Waals surface area contributed by atoms with Crippen molar-refractivity contribution < 1.29 is 9.13 Å². The molecule has 3 nitrogen and oxygen atoms in total. The zero-order valence-electron chi connectivity index (χ0n) is 14.1. The molecule has 25 heavy (non-hydrogen) atoms. The summed E-state index contributed by atoms with van der Waals surface area (Å²) in [5, 5.41) is 1.03. The summed E-state index contributed by atoms with van der Waals surface area (Å²) in [5.41, 5.74) is 1.38. The number of halogens is 1. The van der Waals surface area contributed by atoms with Crippen LogP contribution in [0.3, 0.4) is 0 Å². The van der Waals surface area contributed by atoms with Crippen molar-refractivity contribution in [2.24, 2.45) is 0 Å². The molecular weight excluding hydrogens is 315 g/mol. The lowest BCUT2D eigenvalue weighted by Crippen LogP contribution is -2.30. The summed E-state index contributed by atoms with van der Waals surface area (Å²) in [4.78, 5) is 7.17. The summed E-state index contributed by atoms with van der Waals surface area (Å²) in [6, 6.07) is 16.7. The van der Waals surface area contributed by atoms with Crippen molar-refractivity contribution in [3.63, 3.8) is 0 Å². The van der Waals surface area contributed by atoms with Gasteiger partial charge in [-0.2, -0.15) is 0 Å². The lowest BCUT2D eigenvalue weighted by Gasteiger charge is -2.28. The van der Waals surface area contributed by atoms with Gasteiger partial charge in [0, 0.05) is 24.0 Å². The molecule has 1 aliphatic heterocycles. The van der Waals surface area contributed by atoms with Gasteiger partial charge in [0.15, 0.2) is 0 Å². The third-order valence-electron chi connectivity index (χ3n) is 4.69. The van der Waals surface area contributed by atoms with Crippen LogP contribution in [0.15, 0.2) is 54.6 Å². The number of piperidine rings is 1. The number of fused-ring (bicyclic) bond motifs is 1. The molecule has 2 aromatic carbocycles. The van der Waals surface area contributed by atoms with E-state index in [9.17, 15) is 4.39 Å². The smallest absolute Gasteiger partial charge is 0.146 e. The quantitative estimate of drug-likeness (QED) is 0.674. The van der Waals surface area contributed by atoms with Crippen molar-refractivity contribution >= 4 is 16.7 Å². The summed E-state index contributed by atoms with van der Waals surface area (Å²) in [6.07, 6.45) is 3.72. The Bertz CT molecular complexity index is 875. The zero-order valence-corrected chi connectivity index (χ0v) is 14.1. The first-order chi connectivity index (χ1) is 12.3. The number of hydrogen-bond acceptors (Lipinski definition) is 3. The van der Waals surface area contributed by atoms with Crippen molar-refractivity contribution in [1.29, 1.82) is 0 Å². The van der Waals surface area contributed by atoms with E-state index in [0.29, 0.717) is 11.3 Å². The van der Waals surface area contributed by atoms with Gasteiger partial charge < -0.3 is 9.64 Å². The lowest BCUT2D eigenvalue weighted by atomic mass is 10.1. The van der Waals surface area contributed by atoms with Gasteiger partial charge in [-0.1, -0.05) is 30.3 Å². The van der Waals surface area contributed by atoms with E-state index in [1.807, 2.05) is 24.3 Å². The van der Waals surface area contributed by atoms with E-state index >= 15 is 0 Å². The fourth-order valence-corrected chi connectivity index (χ4v) is 3.30. The minimum atomic E-state index is -0.246. The molecule has 0 bridgehead atoms. The molecule has 1 fully saturated rings. The monoisotopic (exact) mass is 336 g/mol. The van der Waals surface area contributed by atoms with E-state index in [2.05, 4.69) is 17.0 Å². The Morgan fingerprint density at radius 2 is 1.76 bits per heavy atom. The Morgan fingerprint density at radius 1 is 0.920 bits per heavy atom. The third kappa shape index (κ3) is 3.43. The highest BCUT2D eigenvalue weighted by atomic mass is 19.1. The van der Waals surface area contributed by atoms with Gasteiger partial charge in [-0.15, -0.1) is 0 Å². The van der Waals surface area contributed by atoms with Gasteiger partial charge in [0.1, 0.15) is 29.5 Å². The molecule has 0 amide bonds. The summed E-state index contributed by atoms with van der Waals surface area (Å²) >= 11 is 0. The maximum Gasteiger partial charge on any atom is 0.146 e. The summed E-state index contributed by atoms with van der Waals surface area (Å²) in [7, 11) is 0. The van der Waals surface area contributed by atoms with E-state index in [1.54, 1.807) is 12.1 Å². The van der Waals surface area contributed by atoms with Crippen LogP contribution in [-0.4, -0.2) is 18.1 Å². The normalized spacial score (nSPS) is 14.7. The predicted octanol–water partition coefficient (Wildman–Crippen LogP) is 4.94. The molecule has 1 aliphatic rings. The van der Waals surface area contributed by atoms with Crippen LogP contribution in [0, 0.1) is 5.82 Å². The predicted molar refractivity (Wildman–Crippen MR) is 98.5 cm³/mol. The van der Waals surface area contributed by atoms with Crippen LogP contribution in [0.25, 0.3) is 10.9 Å². The zero-order chi connectivity index (χ0) is 17.1. The van der Waals surface area contributed by atoms with Crippen LogP contribution in [-0.2, 0) is 6.61 Å². The SMILES string of the molecule is Fc1ccccc1COc1cccc2ccc(N3CCCCC3)nc12. The van der Waals surface area contributed by atoms with Crippen molar-refractivity contribution in [3.05, 3.63) is 66.0 Å². The van der Waals surface area contributed by atoms with Crippen LogP contribution in [0.1, 0.15) is 24.8 Å².